The lowest BCUT2D eigenvalue weighted by Crippen LogP contribution is -2.44. The van der Waals surface area contributed by atoms with Crippen molar-refractivity contribution in [3.05, 3.63) is 18.2 Å². The van der Waals surface area contributed by atoms with Gasteiger partial charge in [-0.3, -0.25) is 9.59 Å². The highest BCUT2D eigenvalue weighted by molar-refractivity contribution is 6.01. The third kappa shape index (κ3) is 3.15. The second-order valence-electron chi connectivity index (χ2n) is 4.88. The van der Waals surface area contributed by atoms with Crippen LogP contribution in [0.15, 0.2) is 18.2 Å². The van der Waals surface area contributed by atoms with E-state index in [1.54, 1.807) is 12.2 Å². The van der Waals surface area contributed by atoms with E-state index in [1.165, 1.54) is 23.1 Å². The molecule has 8 heteroatoms. The molecule has 0 saturated carbocycles. The van der Waals surface area contributed by atoms with Crippen LogP contribution in [0.4, 0.5) is 24.5 Å². The molecule has 22 heavy (non-hydrogen) atoms. The zero-order valence-electron chi connectivity index (χ0n) is 12.0. The molecule has 0 spiro atoms. The van der Waals surface area contributed by atoms with Crippen molar-refractivity contribution in [2.45, 2.75) is 32.5 Å². The Bertz CT molecular complexity index is 601. The van der Waals surface area contributed by atoms with E-state index in [0.29, 0.717) is 12.2 Å². The van der Waals surface area contributed by atoms with Crippen molar-refractivity contribution in [3.8, 4) is 5.75 Å². The van der Waals surface area contributed by atoms with Crippen LogP contribution in [-0.4, -0.2) is 30.6 Å². The summed E-state index contributed by atoms with van der Waals surface area (Å²) in [5.74, 6) is -2.00. The zero-order valence-corrected chi connectivity index (χ0v) is 12.0. The number of rotatable bonds is 3. The van der Waals surface area contributed by atoms with Crippen molar-refractivity contribution in [2.75, 3.05) is 16.8 Å². The van der Waals surface area contributed by atoms with Gasteiger partial charge in [-0.2, -0.15) is 13.2 Å². The summed E-state index contributed by atoms with van der Waals surface area (Å²) >= 11 is 0. The summed E-state index contributed by atoms with van der Waals surface area (Å²) in [6.07, 6.45) is -4.97. The molecule has 1 heterocycles. The van der Waals surface area contributed by atoms with Gasteiger partial charge in [-0.1, -0.05) is 6.92 Å². The SMILES string of the molecule is CCCN1C(=O)C(C)Oc2cc(NC(=O)C(F)(F)F)ccc21. The van der Waals surface area contributed by atoms with Crippen molar-refractivity contribution >= 4 is 23.2 Å². The van der Waals surface area contributed by atoms with Gasteiger partial charge in [-0.05, 0) is 25.5 Å². The fourth-order valence-electron chi connectivity index (χ4n) is 2.14. The fourth-order valence-corrected chi connectivity index (χ4v) is 2.14. The Hall–Kier alpha value is -2.25. The van der Waals surface area contributed by atoms with Crippen molar-refractivity contribution in [1.29, 1.82) is 0 Å². The van der Waals surface area contributed by atoms with Gasteiger partial charge < -0.3 is 15.0 Å². The predicted molar refractivity (Wildman–Crippen MR) is 73.9 cm³/mol. The Morgan fingerprint density at radius 3 is 2.68 bits per heavy atom. The standard InChI is InChI=1S/C14H15F3N2O3/c1-3-6-19-10-5-4-9(18-13(21)14(15,16)17)7-11(10)22-8(2)12(19)20/h4-5,7-8H,3,6H2,1-2H3,(H,18,21). The maximum atomic E-state index is 12.3. The smallest absolute Gasteiger partial charge is 0.471 e. The Morgan fingerprint density at radius 1 is 1.41 bits per heavy atom. The van der Waals surface area contributed by atoms with Crippen LogP contribution < -0.4 is 15.0 Å². The van der Waals surface area contributed by atoms with Crippen LogP contribution in [0.25, 0.3) is 0 Å². The number of carbonyl (C=O) groups excluding carboxylic acids is 2. The van der Waals surface area contributed by atoms with Crippen LogP contribution in [0, 0.1) is 0 Å². The van der Waals surface area contributed by atoms with E-state index in [9.17, 15) is 22.8 Å². The van der Waals surface area contributed by atoms with Crippen molar-refractivity contribution in [1.82, 2.24) is 0 Å². The summed E-state index contributed by atoms with van der Waals surface area (Å²) in [5.41, 5.74) is 0.439. The number of anilines is 2. The molecule has 0 bridgehead atoms. The minimum absolute atomic E-state index is 0.0425. The van der Waals surface area contributed by atoms with Gasteiger partial charge in [-0.25, -0.2) is 0 Å². The summed E-state index contributed by atoms with van der Waals surface area (Å²) in [7, 11) is 0. The van der Waals surface area contributed by atoms with Crippen LogP contribution in [0.1, 0.15) is 20.3 Å². The normalized spacial score (nSPS) is 17.8. The number of alkyl halides is 3. The number of nitrogens with one attached hydrogen (secondary N) is 1. The Labute approximate surface area is 125 Å². The lowest BCUT2D eigenvalue weighted by Gasteiger charge is -2.33. The lowest BCUT2D eigenvalue weighted by molar-refractivity contribution is -0.167. The number of ether oxygens (including phenoxy) is 1. The van der Waals surface area contributed by atoms with Gasteiger partial charge in [0.15, 0.2) is 6.10 Å². The number of benzene rings is 1. The van der Waals surface area contributed by atoms with Crippen LogP contribution in [0.2, 0.25) is 0 Å². The maximum absolute atomic E-state index is 12.3. The number of halogens is 3. The minimum Gasteiger partial charge on any atom is -0.479 e. The first-order chi connectivity index (χ1) is 10.2. The first-order valence-corrected chi connectivity index (χ1v) is 6.74. The molecule has 5 nitrogen and oxygen atoms in total. The third-order valence-corrected chi connectivity index (χ3v) is 3.13. The molecule has 1 N–H and O–H groups in total. The van der Waals surface area contributed by atoms with E-state index < -0.39 is 18.2 Å². The minimum atomic E-state index is -4.96. The van der Waals surface area contributed by atoms with E-state index in [4.69, 9.17) is 4.74 Å². The third-order valence-electron chi connectivity index (χ3n) is 3.13. The monoisotopic (exact) mass is 316 g/mol. The second kappa shape index (κ2) is 5.86. The van der Waals surface area contributed by atoms with Crippen LogP contribution >= 0.6 is 0 Å². The zero-order chi connectivity index (χ0) is 16.5. The van der Waals surface area contributed by atoms with E-state index in [2.05, 4.69) is 0 Å². The molecule has 0 aliphatic carbocycles. The molecule has 1 aromatic carbocycles. The molecule has 0 saturated heterocycles. The number of fused-ring (bicyclic) bond motifs is 1. The Kier molecular flexibility index (Phi) is 4.30. The molecule has 0 fully saturated rings. The lowest BCUT2D eigenvalue weighted by atomic mass is 10.1. The molecule has 2 amide bonds. The van der Waals surface area contributed by atoms with E-state index in [1.807, 2.05) is 6.92 Å². The molecule has 2 rings (SSSR count). The average molecular weight is 316 g/mol. The van der Waals surface area contributed by atoms with E-state index >= 15 is 0 Å². The molecule has 1 aliphatic rings. The summed E-state index contributed by atoms with van der Waals surface area (Å²) in [5, 5.41) is 1.76. The number of carbonyl (C=O) groups is 2. The molecule has 1 aliphatic heterocycles. The molecular formula is C14H15F3N2O3. The van der Waals surface area contributed by atoms with Gasteiger partial charge in [0, 0.05) is 18.3 Å². The summed E-state index contributed by atoms with van der Waals surface area (Å²) in [6.45, 7) is 3.95. The predicted octanol–water partition coefficient (Wildman–Crippen LogP) is 2.71. The number of hydrogen-bond acceptors (Lipinski definition) is 3. The maximum Gasteiger partial charge on any atom is 0.471 e. The average Bonchev–Trinajstić information content (AvgIpc) is 2.42. The van der Waals surface area contributed by atoms with Crippen LogP contribution in [-0.2, 0) is 9.59 Å². The topological polar surface area (TPSA) is 58.6 Å². The Morgan fingerprint density at radius 2 is 2.09 bits per heavy atom. The summed E-state index contributed by atoms with van der Waals surface area (Å²) in [4.78, 5) is 24.5. The van der Waals surface area contributed by atoms with Crippen LogP contribution in [0.3, 0.4) is 0 Å². The van der Waals surface area contributed by atoms with Gasteiger partial charge in [0.05, 0.1) is 5.69 Å². The highest BCUT2D eigenvalue weighted by Crippen LogP contribution is 2.36. The van der Waals surface area contributed by atoms with Gasteiger partial charge in [0.1, 0.15) is 5.75 Å². The summed E-state index contributed by atoms with van der Waals surface area (Å²) < 4.78 is 42.2. The molecule has 1 unspecified atom stereocenters. The first kappa shape index (κ1) is 16.1. The molecular weight excluding hydrogens is 301 g/mol. The van der Waals surface area contributed by atoms with E-state index in [-0.39, 0.29) is 17.3 Å². The number of amides is 2. The highest BCUT2D eigenvalue weighted by Gasteiger charge is 2.39. The highest BCUT2D eigenvalue weighted by atomic mass is 19.4. The Balaban J connectivity index is 2.29. The summed E-state index contributed by atoms with van der Waals surface area (Å²) in [6, 6.07) is 4.04. The van der Waals surface area contributed by atoms with Gasteiger partial charge in [0.2, 0.25) is 0 Å². The largest absolute Gasteiger partial charge is 0.479 e. The van der Waals surface area contributed by atoms with Crippen LogP contribution in [0.5, 0.6) is 5.75 Å². The number of nitrogens with zero attached hydrogens (tertiary/aromatic N) is 1. The molecule has 0 aromatic heterocycles. The molecule has 1 aromatic rings. The molecule has 120 valence electrons. The van der Waals surface area contributed by atoms with Gasteiger partial charge in [0.25, 0.3) is 5.91 Å². The number of hydrogen-bond donors (Lipinski definition) is 1. The quantitative estimate of drug-likeness (QED) is 0.933. The second-order valence-corrected chi connectivity index (χ2v) is 4.88. The molecule has 1 atom stereocenters. The van der Waals surface area contributed by atoms with Crippen molar-refractivity contribution < 1.29 is 27.5 Å². The van der Waals surface area contributed by atoms with Crippen molar-refractivity contribution in [2.24, 2.45) is 0 Å². The van der Waals surface area contributed by atoms with Crippen molar-refractivity contribution in [3.63, 3.8) is 0 Å². The first-order valence-electron chi connectivity index (χ1n) is 6.74. The molecule has 0 radical (unpaired) electrons. The van der Waals surface area contributed by atoms with Gasteiger partial charge >= 0.3 is 12.1 Å². The van der Waals surface area contributed by atoms with E-state index in [0.717, 1.165) is 6.42 Å². The fraction of sp³-hybridized carbons (Fsp3) is 0.429. The van der Waals surface area contributed by atoms with Gasteiger partial charge in [-0.15, -0.1) is 0 Å².